The highest BCUT2D eigenvalue weighted by molar-refractivity contribution is 5.85. The summed E-state index contributed by atoms with van der Waals surface area (Å²) in [4.78, 5) is 40.7. The summed E-state index contributed by atoms with van der Waals surface area (Å²) in [7, 11) is 1.34. The molecule has 0 bridgehead atoms. The fourth-order valence-corrected chi connectivity index (χ4v) is 3.24. The highest BCUT2D eigenvalue weighted by atomic mass is 16.5. The molecule has 0 aromatic carbocycles. The molecular formula is C19H34N4O4. The Kier molecular flexibility index (Phi) is 8.04. The van der Waals surface area contributed by atoms with E-state index < -0.39 is 12.0 Å². The molecule has 3 atom stereocenters. The zero-order valence-electron chi connectivity index (χ0n) is 17.0. The van der Waals surface area contributed by atoms with E-state index in [1.807, 2.05) is 20.8 Å². The molecule has 154 valence electrons. The number of piperazine rings is 1. The Morgan fingerprint density at radius 1 is 1.11 bits per heavy atom. The van der Waals surface area contributed by atoms with Gasteiger partial charge in [0.25, 0.3) is 0 Å². The Morgan fingerprint density at radius 3 is 2.26 bits per heavy atom. The van der Waals surface area contributed by atoms with Gasteiger partial charge in [0.2, 0.25) is 11.8 Å². The van der Waals surface area contributed by atoms with Crippen LogP contribution in [0.25, 0.3) is 0 Å². The summed E-state index contributed by atoms with van der Waals surface area (Å²) in [5, 5.41) is 5.86. The van der Waals surface area contributed by atoms with Crippen molar-refractivity contribution in [3.8, 4) is 0 Å². The van der Waals surface area contributed by atoms with E-state index in [4.69, 9.17) is 4.74 Å². The van der Waals surface area contributed by atoms with E-state index in [0.29, 0.717) is 6.04 Å². The SMILES string of the molecule is CC[C@H](C)[C@H](NC(=O)CN1CCN([C@@H](C)C(=O)NC2CC2)CC1)C(=O)OC. The zero-order valence-corrected chi connectivity index (χ0v) is 17.0. The zero-order chi connectivity index (χ0) is 20.0. The molecule has 0 aromatic heterocycles. The van der Waals surface area contributed by atoms with Crippen molar-refractivity contribution in [3.05, 3.63) is 0 Å². The number of amides is 2. The van der Waals surface area contributed by atoms with Crippen molar-refractivity contribution < 1.29 is 19.1 Å². The van der Waals surface area contributed by atoms with Gasteiger partial charge in [-0.05, 0) is 25.7 Å². The van der Waals surface area contributed by atoms with E-state index in [0.717, 1.165) is 45.4 Å². The van der Waals surface area contributed by atoms with Crippen molar-refractivity contribution in [2.75, 3.05) is 39.8 Å². The van der Waals surface area contributed by atoms with Crippen molar-refractivity contribution in [1.29, 1.82) is 0 Å². The van der Waals surface area contributed by atoms with E-state index >= 15 is 0 Å². The lowest BCUT2D eigenvalue weighted by atomic mass is 9.99. The number of hydrogen-bond acceptors (Lipinski definition) is 6. The fourth-order valence-electron chi connectivity index (χ4n) is 3.24. The van der Waals surface area contributed by atoms with Crippen LogP contribution in [-0.4, -0.2) is 85.5 Å². The Labute approximate surface area is 162 Å². The van der Waals surface area contributed by atoms with Gasteiger partial charge in [-0.2, -0.15) is 0 Å². The van der Waals surface area contributed by atoms with Crippen LogP contribution >= 0.6 is 0 Å². The first kappa shape index (κ1) is 21.6. The van der Waals surface area contributed by atoms with Gasteiger partial charge < -0.3 is 15.4 Å². The van der Waals surface area contributed by atoms with E-state index in [1.165, 1.54) is 7.11 Å². The number of ether oxygens (including phenoxy) is 1. The van der Waals surface area contributed by atoms with Crippen LogP contribution in [0.15, 0.2) is 0 Å². The summed E-state index contributed by atoms with van der Waals surface area (Å²) in [6, 6.07) is -0.381. The Morgan fingerprint density at radius 2 is 1.74 bits per heavy atom. The Bertz CT molecular complexity index is 530. The van der Waals surface area contributed by atoms with Crippen molar-refractivity contribution >= 4 is 17.8 Å². The Hall–Kier alpha value is -1.67. The van der Waals surface area contributed by atoms with Crippen molar-refractivity contribution in [3.63, 3.8) is 0 Å². The number of hydrogen-bond donors (Lipinski definition) is 2. The van der Waals surface area contributed by atoms with Crippen LogP contribution in [0.5, 0.6) is 0 Å². The van der Waals surface area contributed by atoms with Crippen LogP contribution in [0, 0.1) is 5.92 Å². The lowest BCUT2D eigenvalue weighted by molar-refractivity contribution is -0.146. The fraction of sp³-hybridized carbons (Fsp3) is 0.842. The molecule has 8 heteroatoms. The van der Waals surface area contributed by atoms with Crippen molar-refractivity contribution in [2.45, 2.75) is 58.2 Å². The molecule has 2 N–H and O–H groups in total. The highest BCUT2D eigenvalue weighted by Gasteiger charge is 2.31. The molecular weight excluding hydrogens is 348 g/mol. The minimum Gasteiger partial charge on any atom is -0.467 e. The molecule has 1 saturated heterocycles. The van der Waals surface area contributed by atoms with Gasteiger partial charge in [-0.15, -0.1) is 0 Å². The van der Waals surface area contributed by atoms with Crippen molar-refractivity contribution in [2.24, 2.45) is 5.92 Å². The lowest BCUT2D eigenvalue weighted by Crippen LogP contribution is -2.56. The maximum atomic E-state index is 12.4. The van der Waals surface area contributed by atoms with Gasteiger partial charge in [0.1, 0.15) is 6.04 Å². The third-order valence-electron chi connectivity index (χ3n) is 5.61. The third-order valence-corrected chi connectivity index (χ3v) is 5.61. The van der Waals surface area contributed by atoms with Crippen LogP contribution < -0.4 is 10.6 Å². The molecule has 1 heterocycles. The maximum absolute atomic E-state index is 12.4. The highest BCUT2D eigenvalue weighted by Crippen LogP contribution is 2.19. The molecule has 2 fully saturated rings. The van der Waals surface area contributed by atoms with Crippen LogP contribution in [0.2, 0.25) is 0 Å². The number of nitrogens with one attached hydrogen (secondary N) is 2. The van der Waals surface area contributed by atoms with Gasteiger partial charge in [-0.1, -0.05) is 20.3 Å². The van der Waals surface area contributed by atoms with Crippen LogP contribution in [0.1, 0.15) is 40.0 Å². The van der Waals surface area contributed by atoms with Gasteiger partial charge in [0.05, 0.1) is 19.7 Å². The number of carbonyl (C=O) groups excluding carboxylic acids is 3. The monoisotopic (exact) mass is 382 g/mol. The minimum absolute atomic E-state index is 0.0177. The summed E-state index contributed by atoms with van der Waals surface area (Å²) in [6.07, 6.45) is 2.95. The number of nitrogens with zero attached hydrogens (tertiary/aromatic N) is 2. The van der Waals surface area contributed by atoms with Gasteiger partial charge >= 0.3 is 5.97 Å². The molecule has 27 heavy (non-hydrogen) atoms. The molecule has 0 aromatic rings. The van der Waals surface area contributed by atoms with Crippen LogP contribution in [-0.2, 0) is 19.1 Å². The van der Waals surface area contributed by atoms with Gasteiger partial charge in [-0.3, -0.25) is 19.4 Å². The third kappa shape index (κ3) is 6.46. The number of carbonyl (C=O) groups is 3. The molecule has 2 rings (SSSR count). The molecule has 1 aliphatic carbocycles. The second kappa shape index (κ2) is 10.0. The van der Waals surface area contributed by atoms with Crippen LogP contribution in [0.4, 0.5) is 0 Å². The minimum atomic E-state index is -0.611. The van der Waals surface area contributed by atoms with Crippen LogP contribution in [0.3, 0.4) is 0 Å². The Balaban J connectivity index is 1.75. The molecule has 0 spiro atoms. The van der Waals surface area contributed by atoms with E-state index in [-0.39, 0.29) is 30.3 Å². The first-order valence-corrected chi connectivity index (χ1v) is 9.99. The molecule has 0 unspecified atom stereocenters. The second-order valence-corrected chi connectivity index (χ2v) is 7.72. The second-order valence-electron chi connectivity index (χ2n) is 7.72. The van der Waals surface area contributed by atoms with E-state index in [2.05, 4.69) is 20.4 Å². The quantitative estimate of drug-likeness (QED) is 0.545. The number of esters is 1. The first-order chi connectivity index (χ1) is 12.8. The van der Waals surface area contributed by atoms with E-state index in [1.54, 1.807) is 0 Å². The summed E-state index contributed by atoms with van der Waals surface area (Å²) in [6.45, 7) is 9.03. The normalized spacial score (nSPS) is 21.8. The average Bonchev–Trinajstić information content (AvgIpc) is 3.48. The molecule has 2 aliphatic rings. The standard InChI is InChI=1S/C19H34N4O4/c1-5-13(2)17(19(26)27-4)21-16(24)12-22-8-10-23(11-9-22)14(3)18(25)20-15-6-7-15/h13-15,17H,5-12H2,1-4H3,(H,20,25)(H,21,24)/t13-,14-,17-/m0/s1. The summed E-state index contributed by atoms with van der Waals surface area (Å²) in [5.74, 6) is -0.459. The number of methoxy groups -OCH3 is 1. The summed E-state index contributed by atoms with van der Waals surface area (Å²) < 4.78 is 4.81. The molecule has 8 nitrogen and oxygen atoms in total. The first-order valence-electron chi connectivity index (χ1n) is 9.99. The van der Waals surface area contributed by atoms with Gasteiger partial charge in [0, 0.05) is 32.2 Å². The molecule has 1 aliphatic heterocycles. The summed E-state index contributed by atoms with van der Waals surface area (Å²) >= 11 is 0. The van der Waals surface area contributed by atoms with Gasteiger partial charge in [-0.25, -0.2) is 4.79 Å². The molecule has 1 saturated carbocycles. The molecule has 2 amide bonds. The van der Waals surface area contributed by atoms with E-state index in [9.17, 15) is 14.4 Å². The van der Waals surface area contributed by atoms with Crippen molar-refractivity contribution in [1.82, 2.24) is 20.4 Å². The topological polar surface area (TPSA) is 91.0 Å². The predicted molar refractivity (Wildman–Crippen MR) is 102 cm³/mol. The molecule has 0 radical (unpaired) electrons. The number of rotatable bonds is 9. The largest absolute Gasteiger partial charge is 0.467 e. The van der Waals surface area contributed by atoms with Gasteiger partial charge in [0.15, 0.2) is 0 Å². The average molecular weight is 383 g/mol. The lowest BCUT2D eigenvalue weighted by Gasteiger charge is -2.37. The summed E-state index contributed by atoms with van der Waals surface area (Å²) in [5.41, 5.74) is 0. The predicted octanol–water partition coefficient (Wildman–Crippen LogP) is -0.0250. The maximum Gasteiger partial charge on any atom is 0.328 e. The smallest absolute Gasteiger partial charge is 0.328 e.